The Bertz CT molecular complexity index is 907. The van der Waals surface area contributed by atoms with Gasteiger partial charge in [-0.15, -0.1) is 0 Å². The van der Waals surface area contributed by atoms with Crippen molar-refractivity contribution in [3.8, 4) is 5.75 Å². The Labute approximate surface area is 168 Å². The number of benzene rings is 2. The minimum absolute atomic E-state index is 0.0834. The van der Waals surface area contributed by atoms with Crippen LogP contribution in [0.15, 0.2) is 48.5 Å². The SMILES string of the molecule is COC(=O)COc1ccc(C(=O)C(C)N(C)C(=O)c2ccc(C(=N)N)cc2)cc1. The van der Waals surface area contributed by atoms with Gasteiger partial charge in [-0.1, -0.05) is 12.1 Å². The smallest absolute Gasteiger partial charge is 0.343 e. The third-order valence-corrected chi connectivity index (χ3v) is 4.45. The number of amidine groups is 1. The minimum Gasteiger partial charge on any atom is -0.482 e. The standard InChI is InChI=1S/C21H23N3O5/c1-13(24(2)21(27)16-6-4-15(5-7-16)20(22)23)19(26)14-8-10-17(11-9-14)29-12-18(25)28-3/h4-11,13H,12H2,1-3H3,(H3,22,23). The average molecular weight is 397 g/mol. The molecule has 0 saturated heterocycles. The maximum Gasteiger partial charge on any atom is 0.343 e. The Morgan fingerprint density at radius 2 is 1.52 bits per heavy atom. The lowest BCUT2D eigenvalue weighted by Crippen LogP contribution is -2.40. The van der Waals surface area contributed by atoms with Gasteiger partial charge in [-0.2, -0.15) is 0 Å². The molecular formula is C21H23N3O5. The predicted octanol–water partition coefficient (Wildman–Crippen LogP) is 1.87. The van der Waals surface area contributed by atoms with Gasteiger partial charge in [-0.25, -0.2) is 4.79 Å². The van der Waals surface area contributed by atoms with Crippen molar-refractivity contribution in [3.05, 3.63) is 65.2 Å². The summed E-state index contributed by atoms with van der Waals surface area (Å²) in [5.41, 5.74) is 6.74. The molecule has 2 aromatic carbocycles. The molecule has 0 fully saturated rings. The van der Waals surface area contributed by atoms with Crippen molar-refractivity contribution in [2.75, 3.05) is 20.8 Å². The summed E-state index contributed by atoms with van der Waals surface area (Å²) in [6.45, 7) is 1.42. The van der Waals surface area contributed by atoms with Crippen LogP contribution >= 0.6 is 0 Å². The maximum absolute atomic E-state index is 12.7. The molecule has 2 aromatic rings. The lowest BCUT2D eigenvalue weighted by atomic mass is 10.0. The molecule has 1 unspecified atom stereocenters. The molecule has 0 saturated carbocycles. The number of methoxy groups -OCH3 is 1. The second-order valence-electron chi connectivity index (χ2n) is 6.34. The maximum atomic E-state index is 12.7. The molecule has 2 rings (SSSR count). The van der Waals surface area contributed by atoms with Gasteiger partial charge >= 0.3 is 5.97 Å². The number of amides is 1. The van der Waals surface area contributed by atoms with E-state index in [2.05, 4.69) is 4.74 Å². The molecule has 8 heteroatoms. The van der Waals surface area contributed by atoms with Crippen molar-refractivity contribution in [3.63, 3.8) is 0 Å². The molecule has 0 bridgehead atoms. The number of hydrogen-bond donors (Lipinski definition) is 2. The summed E-state index contributed by atoms with van der Waals surface area (Å²) in [6.07, 6.45) is 0. The molecule has 8 nitrogen and oxygen atoms in total. The van der Waals surface area contributed by atoms with E-state index in [1.807, 2.05) is 0 Å². The first-order chi connectivity index (χ1) is 13.7. The topological polar surface area (TPSA) is 123 Å². The number of Topliss-reactive ketones (excluding diaryl/α,β-unsaturated/α-hetero) is 1. The van der Waals surface area contributed by atoms with Crippen LogP contribution in [-0.4, -0.2) is 55.2 Å². The van der Waals surface area contributed by atoms with Gasteiger partial charge in [0.05, 0.1) is 13.2 Å². The molecule has 0 aliphatic heterocycles. The molecule has 1 atom stereocenters. The Morgan fingerprint density at radius 3 is 2.03 bits per heavy atom. The summed E-state index contributed by atoms with van der Waals surface area (Å²) in [5.74, 6) is -0.718. The van der Waals surface area contributed by atoms with E-state index in [1.54, 1.807) is 62.5 Å². The summed E-state index contributed by atoms with van der Waals surface area (Å²) in [7, 11) is 2.82. The summed E-state index contributed by atoms with van der Waals surface area (Å²) in [5, 5.41) is 7.40. The van der Waals surface area contributed by atoms with Crippen LogP contribution in [0.2, 0.25) is 0 Å². The van der Waals surface area contributed by atoms with Crippen LogP contribution in [-0.2, 0) is 9.53 Å². The normalized spacial score (nSPS) is 11.3. The van der Waals surface area contributed by atoms with Crippen LogP contribution < -0.4 is 10.5 Å². The number of ketones is 1. The van der Waals surface area contributed by atoms with Crippen LogP contribution in [0.1, 0.15) is 33.2 Å². The van der Waals surface area contributed by atoms with Crippen LogP contribution in [0.4, 0.5) is 0 Å². The van der Waals surface area contributed by atoms with Crippen LogP contribution in [0, 0.1) is 5.41 Å². The Kier molecular flexibility index (Phi) is 7.08. The Balaban J connectivity index is 2.05. The number of likely N-dealkylation sites (N-methyl/N-ethyl adjacent to an activating group) is 1. The number of rotatable bonds is 8. The fourth-order valence-electron chi connectivity index (χ4n) is 2.51. The zero-order chi connectivity index (χ0) is 21.6. The third kappa shape index (κ3) is 5.41. The number of nitrogens with one attached hydrogen (secondary N) is 1. The number of ether oxygens (including phenoxy) is 2. The second-order valence-corrected chi connectivity index (χ2v) is 6.34. The molecule has 1 amide bonds. The van der Waals surface area contributed by atoms with E-state index in [-0.39, 0.29) is 24.1 Å². The zero-order valence-electron chi connectivity index (χ0n) is 16.5. The fraction of sp³-hybridized carbons (Fsp3) is 0.238. The van der Waals surface area contributed by atoms with Crippen LogP contribution in [0.3, 0.4) is 0 Å². The van der Waals surface area contributed by atoms with Gasteiger partial charge in [-0.05, 0) is 43.3 Å². The van der Waals surface area contributed by atoms with E-state index in [4.69, 9.17) is 15.9 Å². The number of carbonyl (C=O) groups is 3. The number of nitrogens with zero attached hydrogens (tertiary/aromatic N) is 1. The van der Waals surface area contributed by atoms with Crippen molar-refractivity contribution in [1.82, 2.24) is 4.90 Å². The zero-order valence-corrected chi connectivity index (χ0v) is 16.5. The molecule has 0 radical (unpaired) electrons. The lowest BCUT2D eigenvalue weighted by molar-refractivity contribution is -0.142. The number of hydrogen-bond acceptors (Lipinski definition) is 6. The summed E-state index contributed by atoms with van der Waals surface area (Å²) in [4.78, 5) is 37.9. The number of esters is 1. The molecule has 0 heterocycles. The molecule has 29 heavy (non-hydrogen) atoms. The molecule has 0 aromatic heterocycles. The molecule has 152 valence electrons. The summed E-state index contributed by atoms with van der Waals surface area (Å²) < 4.78 is 9.75. The van der Waals surface area contributed by atoms with E-state index in [1.165, 1.54) is 12.0 Å². The fourth-order valence-corrected chi connectivity index (χ4v) is 2.51. The molecule has 0 aliphatic carbocycles. The summed E-state index contributed by atoms with van der Waals surface area (Å²) in [6, 6.07) is 11.9. The number of carbonyl (C=O) groups excluding carboxylic acids is 3. The van der Waals surface area contributed by atoms with E-state index >= 15 is 0 Å². The van der Waals surface area contributed by atoms with E-state index in [0.717, 1.165) is 0 Å². The number of nitrogens with two attached hydrogens (primary N) is 1. The van der Waals surface area contributed by atoms with Gasteiger partial charge in [0.2, 0.25) is 0 Å². The quantitative estimate of drug-likeness (QED) is 0.303. The average Bonchev–Trinajstić information content (AvgIpc) is 2.75. The Hall–Kier alpha value is -3.68. The minimum atomic E-state index is -0.697. The van der Waals surface area contributed by atoms with Crippen LogP contribution in [0.5, 0.6) is 5.75 Å². The van der Waals surface area contributed by atoms with Crippen molar-refractivity contribution in [1.29, 1.82) is 5.41 Å². The number of nitrogen functional groups attached to an aromatic ring is 1. The van der Waals surface area contributed by atoms with Crippen LogP contribution in [0.25, 0.3) is 0 Å². The lowest BCUT2D eigenvalue weighted by Gasteiger charge is -2.24. The van der Waals surface area contributed by atoms with E-state index in [9.17, 15) is 14.4 Å². The Morgan fingerprint density at radius 1 is 1.00 bits per heavy atom. The highest BCUT2D eigenvalue weighted by atomic mass is 16.6. The van der Waals surface area contributed by atoms with Gasteiger partial charge in [0.15, 0.2) is 12.4 Å². The first kappa shape index (κ1) is 21.6. The molecule has 0 spiro atoms. The van der Waals surface area contributed by atoms with Crippen molar-refractivity contribution in [2.24, 2.45) is 5.73 Å². The van der Waals surface area contributed by atoms with Gasteiger partial charge in [0.25, 0.3) is 5.91 Å². The molecular weight excluding hydrogens is 374 g/mol. The highest BCUT2D eigenvalue weighted by Gasteiger charge is 2.24. The van der Waals surface area contributed by atoms with Gasteiger partial charge < -0.3 is 20.1 Å². The molecule has 0 aliphatic rings. The van der Waals surface area contributed by atoms with Crippen molar-refractivity contribution >= 4 is 23.5 Å². The van der Waals surface area contributed by atoms with Crippen molar-refractivity contribution < 1.29 is 23.9 Å². The van der Waals surface area contributed by atoms with Gasteiger partial charge in [0, 0.05) is 23.7 Å². The first-order valence-electron chi connectivity index (χ1n) is 8.80. The van der Waals surface area contributed by atoms with Crippen molar-refractivity contribution in [2.45, 2.75) is 13.0 Å². The highest BCUT2D eigenvalue weighted by Crippen LogP contribution is 2.16. The highest BCUT2D eigenvalue weighted by molar-refractivity contribution is 6.04. The third-order valence-electron chi connectivity index (χ3n) is 4.45. The van der Waals surface area contributed by atoms with E-state index < -0.39 is 12.0 Å². The summed E-state index contributed by atoms with van der Waals surface area (Å²) >= 11 is 0. The van der Waals surface area contributed by atoms with Gasteiger partial charge in [-0.3, -0.25) is 15.0 Å². The molecule has 3 N–H and O–H groups in total. The first-order valence-corrected chi connectivity index (χ1v) is 8.80. The predicted molar refractivity (Wildman–Crippen MR) is 107 cm³/mol. The second kappa shape index (κ2) is 9.50. The monoisotopic (exact) mass is 397 g/mol. The van der Waals surface area contributed by atoms with E-state index in [0.29, 0.717) is 22.4 Å². The largest absolute Gasteiger partial charge is 0.482 e. The van der Waals surface area contributed by atoms with Gasteiger partial charge in [0.1, 0.15) is 11.6 Å².